The Bertz CT molecular complexity index is 2320. The zero-order chi connectivity index (χ0) is 29.0. The number of aromatic nitrogens is 1. The molecule has 0 aliphatic rings. The summed E-state index contributed by atoms with van der Waals surface area (Å²) >= 11 is 0. The maximum absolute atomic E-state index is 2.45. The molecule has 0 amide bonds. The lowest BCUT2D eigenvalue weighted by Crippen LogP contribution is -2.10. The largest absolute Gasteiger partial charge is 0.310 e. The van der Waals surface area contributed by atoms with Gasteiger partial charge in [0, 0.05) is 38.6 Å². The minimum atomic E-state index is 0. The first-order valence-corrected chi connectivity index (χ1v) is 15.1. The van der Waals surface area contributed by atoms with Crippen LogP contribution in [0, 0.1) is 0 Å². The number of benzene rings is 7. The van der Waals surface area contributed by atoms with E-state index in [-0.39, 0.29) is 7.43 Å². The van der Waals surface area contributed by atoms with Crippen molar-refractivity contribution in [3.8, 4) is 22.3 Å². The second-order valence-electron chi connectivity index (χ2n) is 11.4. The van der Waals surface area contributed by atoms with Gasteiger partial charge in [0.2, 0.25) is 0 Å². The molecule has 7 aromatic carbocycles. The summed E-state index contributed by atoms with van der Waals surface area (Å²) in [7, 11) is 0. The molecule has 2 nitrogen and oxygen atoms in total. The first-order chi connectivity index (χ1) is 21.8. The van der Waals surface area contributed by atoms with Crippen LogP contribution in [-0.2, 0) is 0 Å². The number of fused-ring (bicyclic) bond motifs is 6. The minimum Gasteiger partial charge on any atom is -0.310 e. The van der Waals surface area contributed by atoms with Crippen LogP contribution in [-0.4, -0.2) is 4.40 Å². The molecule has 2 aromatic heterocycles. The highest BCUT2D eigenvalue weighted by Crippen LogP contribution is 2.42. The van der Waals surface area contributed by atoms with Gasteiger partial charge in [-0.15, -0.1) is 0 Å². The third-order valence-electron chi connectivity index (χ3n) is 8.93. The summed E-state index contributed by atoms with van der Waals surface area (Å²) in [6, 6.07) is 61.3. The fourth-order valence-electron chi connectivity index (χ4n) is 6.87. The normalized spacial score (nSPS) is 11.4. The lowest BCUT2D eigenvalue weighted by molar-refractivity contribution is 1.28. The molecule has 0 aliphatic heterocycles. The monoisotopic (exact) mass is 576 g/mol. The molecule has 0 saturated heterocycles. The van der Waals surface area contributed by atoms with Crippen LogP contribution < -0.4 is 4.90 Å². The van der Waals surface area contributed by atoms with Crippen molar-refractivity contribution in [2.45, 2.75) is 7.43 Å². The van der Waals surface area contributed by atoms with Crippen molar-refractivity contribution in [1.29, 1.82) is 0 Å². The van der Waals surface area contributed by atoms with E-state index in [1.54, 1.807) is 0 Å². The third-order valence-corrected chi connectivity index (χ3v) is 8.93. The molecule has 214 valence electrons. The topological polar surface area (TPSA) is 7.65 Å². The maximum atomic E-state index is 2.45. The fraction of sp³-hybridized carbons (Fsp3) is 0.0233. The molecule has 45 heavy (non-hydrogen) atoms. The fourth-order valence-corrected chi connectivity index (χ4v) is 6.87. The summed E-state index contributed by atoms with van der Waals surface area (Å²) in [6.07, 6.45) is 0. The van der Waals surface area contributed by atoms with Gasteiger partial charge in [0.05, 0.1) is 16.6 Å². The van der Waals surface area contributed by atoms with E-state index in [9.17, 15) is 0 Å². The predicted molar refractivity (Wildman–Crippen MR) is 193 cm³/mol. The van der Waals surface area contributed by atoms with Crippen molar-refractivity contribution >= 4 is 55.2 Å². The Morgan fingerprint density at radius 1 is 0.333 bits per heavy atom. The zero-order valence-corrected chi connectivity index (χ0v) is 24.1. The van der Waals surface area contributed by atoms with Crippen LogP contribution in [0.4, 0.5) is 17.1 Å². The van der Waals surface area contributed by atoms with Crippen molar-refractivity contribution in [2.75, 3.05) is 4.90 Å². The first-order valence-electron chi connectivity index (χ1n) is 15.1. The number of hydrogen-bond donors (Lipinski definition) is 0. The average molecular weight is 577 g/mol. The second kappa shape index (κ2) is 10.7. The Kier molecular flexibility index (Phi) is 6.36. The van der Waals surface area contributed by atoms with Crippen molar-refractivity contribution in [1.82, 2.24) is 4.40 Å². The van der Waals surface area contributed by atoms with Gasteiger partial charge < -0.3 is 9.30 Å². The van der Waals surface area contributed by atoms with Crippen molar-refractivity contribution in [2.24, 2.45) is 0 Å². The first kappa shape index (κ1) is 26.7. The van der Waals surface area contributed by atoms with Crippen LogP contribution in [0.5, 0.6) is 0 Å². The molecule has 0 radical (unpaired) electrons. The van der Waals surface area contributed by atoms with Gasteiger partial charge >= 0.3 is 0 Å². The van der Waals surface area contributed by atoms with Crippen molar-refractivity contribution < 1.29 is 0 Å². The predicted octanol–water partition coefficient (Wildman–Crippen LogP) is 12.3. The highest BCUT2D eigenvalue weighted by Gasteiger charge is 2.19. The number of rotatable bonds is 5. The van der Waals surface area contributed by atoms with Gasteiger partial charge in [-0.25, -0.2) is 0 Å². The summed E-state index contributed by atoms with van der Waals surface area (Å²) in [5, 5.41) is 5.18. The van der Waals surface area contributed by atoms with Crippen LogP contribution in [0.1, 0.15) is 7.43 Å². The summed E-state index contributed by atoms with van der Waals surface area (Å²) in [6.45, 7) is 0. The number of hydrogen-bond acceptors (Lipinski definition) is 1. The van der Waals surface area contributed by atoms with Crippen molar-refractivity contribution in [3.63, 3.8) is 0 Å². The van der Waals surface area contributed by atoms with E-state index >= 15 is 0 Å². The molecule has 2 heteroatoms. The molecule has 0 fully saturated rings. The average Bonchev–Trinajstić information content (AvgIpc) is 3.62. The van der Waals surface area contributed by atoms with Gasteiger partial charge in [0.25, 0.3) is 0 Å². The quantitative estimate of drug-likeness (QED) is 0.198. The Labute approximate surface area is 263 Å². The molecular weight excluding hydrogens is 544 g/mol. The Morgan fingerprint density at radius 3 is 1.36 bits per heavy atom. The maximum Gasteiger partial charge on any atom is 0.0620 e. The van der Waals surface area contributed by atoms with Gasteiger partial charge in [-0.1, -0.05) is 135 Å². The van der Waals surface area contributed by atoms with E-state index in [1.165, 1.54) is 60.3 Å². The van der Waals surface area contributed by atoms with Crippen molar-refractivity contribution in [3.05, 3.63) is 170 Å². The summed E-state index contributed by atoms with van der Waals surface area (Å²) in [4.78, 5) is 2.37. The molecule has 2 heterocycles. The lowest BCUT2D eigenvalue weighted by atomic mass is 10.0. The minimum absolute atomic E-state index is 0. The molecule has 0 atom stereocenters. The summed E-state index contributed by atoms with van der Waals surface area (Å²) in [5.74, 6) is 0. The summed E-state index contributed by atoms with van der Waals surface area (Å²) in [5.41, 5.74) is 12.0. The Hall–Kier alpha value is -5.86. The molecule has 0 bridgehead atoms. The molecule has 9 rings (SSSR count). The van der Waals surface area contributed by atoms with E-state index in [0.717, 1.165) is 17.1 Å². The van der Waals surface area contributed by atoms with E-state index in [4.69, 9.17) is 0 Å². The van der Waals surface area contributed by atoms with Gasteiger partial charge in [0.1, 0.15) is 0 Å². The highest BCUT2D eigenvalue weighted by molar-refractivity contribution is 6.23. The van der Waals surface area contributed by atoms with Crippen LogP contribution in [0.2, 0.25) is 0 Å². The lowest BCUT2D eigenvalue weighted by Gasteiger charge is -2.26. The second-order valence-corrected chi connectivity index (χ2v) is 11.4. The Morgan fingerprint density at radius 2 is 0.778 bits per heavy atom. The van der Waals surface area contributed by atoms with Crippen LogP contribution in [0.25, 0.3) is 60.3 Å². The van der Waals surface area contributed by atoms with E-state index in [2.05, 4.69) is 179 Å². The molecule has 9 aromatic rings. The van der Waals surface area contributed by atoms with Gasteiger partial charge in [-0.3, -0.25) is 0 Å². The van der Waals surface area contributed by atoms with Gasteiger partial charge in [-0.2, -0.15) is 0 Å². The molecule has 0 unspecified atom stereocenters. The smallest absolute Gasteiger partial charge is 0.0620 e. The van der Waals surface area contributed by atoms with Crippen LogP contribution in [0.15, 0.2) is 170 Å². The number of para-hydroxylation sites is 2. The number of nitrogens with zero attached hydrogens (tertiary/aromatic N) is 2. The molecule has 0 saturated carbocycles. The Balaban J connectivity index is 0.00000300. The molecule has 0 aliphatic carbocycles. The standard InChI is InChI=1S/C42H28N2.CH4/c1-3-10-29(11-4-1)31-18-22-33(23-19-31)43(34-24-20-32(21-25-34)30-12-5-2-6-13-30)35-26-27-37-39-16-9-15-38-36-14-7-8-17-40(36)44(42(38)39)41(37)28-35;/h1-28H;1H4. The zero-order valence-electron chi connectivity index (χ0n) is 24.1. The van der Waals surface area contributed by atoms with Crippen LogP contribution in [0.3, 0.4) is 0 Å². The summed E-state index contributed by atoms with van der Waals surface area (Å²) < 4.78 is 2.45. The van der Waals surface area contributed by atoms with E-state index in [1.807, 2.05) is 0 Å². The SMILES string of the molecule is C.c1ccc(-c2ccc(N(c3ccc(-c4ccccc4)cc3)c3ccc4c5cccc6c7ccccc7n(c4c3)c65)cc2)cc1. The van der Waals surface area contributed by atoms with Gasteiger partial charge in [0.15, 0.2) is 0 Å². The third kappa shape index (κ3) is 4.26. The molecule has 0 spiro atoms. The number of anilines is 3. The van der Waals surface area contributed by atoms with Crippen LogP contribution >= 0.6 is 0 Å². The molecular formula is C43H32N2. The van der Waals surface area contributed by atoms with Gasteiger partial charge in [-0.05, 0) is 64.7 Å². The van der Waals surface area contributed by atoms with E-state index < -0.39 is 0 Å². The van der Waals surface area contributed by atoms with E-state index in [0.29, 0.717) is 0 Å². The highest BCUT2D eigenvalue weighted by atomic mass is 15.1. The molecule has 0 N–H and O–H groups in total.